The van der Waals surface area contributed by atoms with Gasteiger partial charge < -0.3 is 15.5 Å². The number of hydrogen-bond acceptors (Lipinski definition) is 3. The number of nitrogens with zero attached hydrogens (tertiary/aromatic N) is 1. The summed E-state index contributed by atoms with van der Waals surface area (Å²) in [5.74, 6) is -0.497. The number of para-hydroxylation sites is 1. The van der Waals surface area contributed by atoms with E-state index in [4.69, 9.17) is 0 Å². The number of nitrogens with one attached hydrogen (secondary N) is 2. The zero-order valence-corrected chi connectivity index (χ0v) is 16.0. The SMILES string of the molecule is C=CCNC(=O)c1ccccc1NC(=O)c1ccc(N(CC)CCC)cc1. The number of carbonyl (C=O) groups is 2. The Bertz CT molecular complexity index is 784. The van der Waals surface area contributed by atoms with Crippen molar-refractivity contribution in [3.63, 3.8) is 0 Å². The molecule has 0 aliphatic rings. The van der Waals surface area contributed by atoms with E-state index in [-0.39, 0.29) is 11.8 Å². The molecule has 0 bridgehead atoms. The van der Waals surface area contributed by atoms with Gasteiger partial charge in [0.05, 0.1) is 11.3 Å². The summed E-state index contributed by atoms with van der Waals surface area (Å²) in [6.07, 6.45) is 2.68. The molecule has 2 amide bonds. The van der Waals surface area contributed by atoms with Gasteiger partial charge in [0.1, 0.15) is 0 Å². The van der Waals surface area contributed by atoms with E-state index in [0.29, 0.717) is 23.4 Å². The smallest absolute Gasteiger partial charge is 0.255 e. The van der Waals surface area contributed by atoms with Gasteiger partial charge in [-0.2, -0.15) is 0 Å². The average Bonchev–Trinajstić information content (AvgIpc) is 2.70. The second-order valence-electron chi connectivity index (χ2n) is 6.12. The Hall–Kier alpha value is -3.08. The van der Waals surface area contributed by atoms with Gasteiger partial charge in [-0.25, -0.2) is 0 Å². The third-order valence-electron chi connectivity index (χ3n) is 4.20. The van der Waals surface area contributed by atoms with Gasteiger partial charge in [-0.05, 0) is 49.7 Å². The molecule has 2 rings (SSSR count). The van der Waals surface area contributed by atoms with Crippen LogP contribution in [-0.4, -0.2) is 31.4 Å². The quantitative estimate of drug-likeness (QED) is 0.658. The van der Waals surface area contributed by atoms with Crippen molar-refractivity contribution in [2.24, 2.45) is 0 Å². The molecule has 0 aliphatic carbocycles. The van der Waals surface area contributed by atoms with Crippen molar-refractivity contribution >= 4 is 23.2 Å². The molecular weight excluding hydrogens is 338 g/mol. The zero-order valence-electron chi connectivity index (χ0n) is 16.0. The normalized spacial score (nSPS) is 10.1. The Morgan fingerprint density at radius 2 is 1.74 bits per heavy atom. The van der Waals surface area contributed by atoms with Gasteiger partial charge in [0.15, 0.2) is 0 Å². The van der Waals surface area contributed by atoms with Crippen molar-refractivity contribution in [2.45, 2.75) is 20.3 Å². The number of anilines is 2. The average molecular weight is 365 g/mol. The van der Waals surface area contributed by atoms with E-state index in [1.165, 1.54) is 0 Å². The lowest BCUT2D eigenvalue weighted by Gasteiger charge is -2.22. The van der Waals surface area contributed by atoms with E-state index < -0.39 is 0 Å². The lowest BCUT2D eigenvalue weighted by atomic mass is 10.1. The first-order chi connectivity index (χ1) is 13.1. The number of carbonyl (C=O) groups excluding carboxylic acids is 2. The van der Waals surface area contributed by atoms with Crippen LogP contribution in [0.25, 0.3) is 0 Å². The van der Waals surface area contributed by atoms with Gasteiger partial charge >= 0.3 is 0 Å². The first-order valence-corrected chi connectivity index (χ1v) is 9.25. The summed E-state index contributed by atoms with van der Waals surface area (Å²) in [4.78, 5) is 27.1. The summed E-state index contributed by atoms with van der Waals surface area (Å²) >= 11 is 0. The Balaban J connectivity index is 2.13. The molecular formula is C22H27N3O2. The van der Waals surface area contributed by atoms with Crippen LogP contribution < -0.4 is 15.5 Å². The Labute approximate surface area is 161 Å². The van der Waals surface area contributed by atoms with E-state index in [2.05, 4.69) is 36.0 Å². The van der Waals surface area contributed by atoms with Crippen molar-refractivity contribution in [2.75, 3.05) is 29.9 Å². The van der Waals surface area contributed by atoms with Gasteiger partial charge in [0.25, 0.3) is 11.8 Å². The molecule has 0 saturated heterocycles. The molecule has 0 unspecified atom stereocenters. The monoisotopic (exact) mass is 365 g/mol. The predicted molar refractivity (Wildman–Crippen MR) is 112 cm³/mol. The van der Waals surface area contributed by atoms with Gasteiger partial charge in [-0.3, -0.25) is 9.59 Å². The fraction of sp³-hybridized carbons (Fsp3) is 0.273. The number of hydrogen-bond donors (Lipinski definition) is 2. The summed E-state index contributed by atoms with van der Waals surface area (Å²) in [6, 6.07) is 14.5. The first-order valence-electron chi connectivity index (χ1n) is 9.25. The van der Waals surface area contributed by atoms with Crippen molar-refractivity contribution in [3.05, 3.63) is 72.3 Å². The highest BCUT2D eigenvalue weighted by Gasteiger charge is 2.14. The lowest BCUT2D eigenvalue weighted by Crippen LogP contribution is -2.25. The highest BCUT2D eigenvalue weighted by atomic mass is 16.2. The minimum atomic E-state index is -0.251. The number of amides is 2. The Kier molecular flexibility index (Phi) is 7.62. The van der Waals surface area contributed by atoms with Gasteiger partial charge in [0.2, 0.25) is 0 Å². The Morgan fingerprint density at radius 1 is 1.04 bits per heavy atom. The summed E-state index contributed by atoms with van der Waals surface area (Å²) < 4.78 is 0. The molecule has 2 aromatic carbocycles. The maximum absolute atomic E-state index is 12.6. The summed E-state index contributed by atoms with van der Waals surface area (Å²) in [5, 5.41) is 5.56. The maximum Gasteiger partial charge on any atom is 0.255 e. The molecule has 2 aromatic rings. The molecule has 0 radical (unpaired) electrons. The van der Waals surface area contributed by atoms with E-state index >= 15 is 0 Å². The van der Waals surface area contributed by atoms with Crippen LogP contribution in [0.5, 0.6) is 0 Å². The largest absolute Gasteiger partial charge is 0.372 e. The lowest BCUT2D eigenvalue weighted by molar-refractivity contribution is 0.0959. The molecule has 0 fully saturated rings. The third-order valence-corrected chi connectivity index (χ3v) is 4.20. The third kappa shape index (κ3) is 5.45. The van der Waals surface area contributed by atoms with Crippen LogP contribution in [0.1, 0.15) is 41.0 Å². The summed E-state index contributed by atoms with van der Waals surface area (Å²) in [6.45, 7) is 10.1. The minimum Gasteiger partial charge on any atom is -0.372 e. The molecule has 0 atom stereocenters. The predicted octanol–water partition coefficient (Wildman–Crippen LogP) is 4.09. The molecule has 0 saturated carbocycles. The van der Waals surface area contributed by atoms with Gasteiger partial charge in [0, 0.05) is 30.9 Å². The number of benzene rings is 2. The van der Waals surface area contributed by atoms with Crippen molar-refractivity contribution in [1.29, 1.82) is 0 Å². The topological polar surface area (TPSA) is 61.4 Å². The van der Waals surface area contributed by atoms with E-state index in [9.17, 15) is 9.59 Å². The van der Waals surface area contributed by atoms with Gasteiger partial charge in [-0.15, -0.1) is 6.58 Å². The number of rotatable bonds is 9. The molecule has 27 heavy (non-hydrogen) atoms. The molecule has 5 heteroatoms. The summed E-state index contributed by atoms with van der Waals surface area (Å²) in [5.41, 5.74) is 2.55. The van der Waals surface area contributed by atoms with Crippen molar-refractivity contribution in [1.82, 2.24) is 5.32 Å². The minimum absolute atomic E-state index is 0.246. The zero-order chi connectivity index (χ0) is 19.6. The van der Waals surface area contributed by atoms with Crippen LogP contribution in [-0.2, 0) is 0 Å². The van der Waals surface area contributed by atoms with Crippen LogP contribution in [0, 0.1) is 0 Å². The molecule has 0 aliphatic heterocycles. The fourth-order valence-corrected chi connectivity index (χ4v) is 2.81. The second-order valence-corrected chi connectivity index (χ2v) is 6.12. The van der Waals surface area contributed by atoms with E-state index in [1.807, 2.05) is 24.3 Å². The van der Waals surface area contributed by atoms with Crippen LogP contribution in [0.15, 0.2) is 61.2 Å². The standard InChI is InChI=1S/C22H27N3O2/c1-4-15-23-22(27)19-9-7-8-10-20(19)24-21(26)17-11-13-18(14-12-17)25(6-3)16-5-2/h4,7-14H,1,5-6,15-16H2,2-3H3,(H,23,27)(H,24,26). The fourth-order valence-electron chi connectivity index (χ4n) is 2.81. The van der Waals surface area contributed by atoms with Crippen LogP contribution >= 0.6 is 0 Å². The maximum atomic E-state index is 12.6. The van der Waals surface area contributed by atoms with Gasteiger partial charge in [-0.1, -0.05) is 25.1 Å². The second kappa shape index (κ2) is 10.2. The van der Waals surface area contributed by atoms with E-state index in [1.54, 1.807) is 30.3 Å². The van der Waals surface area contributed by atoms with E-state index in [0.717, 1.165) is 25.2 Å². The molecule has 5 nitrogen and oxygen atoms in total. The van der Waals surface area contributed by atoms with Crippen molar-refractivity contribution < 1.29 is 9.59 Å². The first kappa shape index (κ1) is 20.2. The molecule has 2 N–H and O–H groups in total. The van der Waals surface area contributed by atoms with Crippen molar-refractivity contribution in [3.8, 4) is 0 Å². The highest BCUT2D eigenvalue weighted by Crippen LogP contribution is 2.19. The molecule has 0 spiro atoms. The molecule has 142 valence electrons. The molecule has 0 heterocycles. The van der Waals surface area contributed by atoms with Crippen LogP contribution in [0.2, 0.25) is 0 Å². The Morgan fingerprint density at radius 3 is 2.37 bits per heavy atom. The summed E-state index contributed by atoms with van der Waals surface area (Å²) in [7, 11) is 0. The van der Waals surface area contributed by atoms with Crippen LogP contribution in [0.3, 0.4) is 0 Å². The highest BCUT2D eigenvalue weighted by molar-refractivity contribution is 6.09. The molecule has 0 aromatic heterocycles. The van der Waals surface area contributed by atoms with Crippen LogP contribution in [0.4, 0.5) is 11.4 Å².